The number of isocyanates is 1. The van der Waals surface area contributed by atoms with Crippen molar-refractivity contribution in [1.29, 1.82) is 0 Å². The number of carbonyl (C=O) groups is 1. The lowest BCUT2D eigenvalue weighted by Gasteiger charge is -1.95. The predicted octanol–water partition coefficient (Wildman–Crippen LogP) is -0.0167. The van der Waals surface area contributed by atoms with Crippen LogP contribution in [0.2, 0.25) is 0 Å². The van der Waals surface area contributed by atoms with Crippen molar-refractivity contribution in [3.05, 3.63) is 0 Å². The minimum atomic E-state index is -0.749. The molecule has 1 amide bonds. The maximum atomic E-state index is 10.2. The summed E-state index contributed by atoms with van der Waals surface area (Å²) < 4.78 is 4.32. The van der Waals surface area contributed by atoms with Gasteiger partial charge >= 0.3 is 6.09 Å². The van der Waals surface area contributed by atoms with Crippen LogP contribution in [0.25, 0.3) is 0 Å². The molecule has 0 spiro atoms. The molecule has 5 heteroatoms. The molecule has 0 aliphatic heterocycles. The summed E-state index contributed by atoms with van der Waals surface area (Å²) >= 11 is 0. The van der Waals surface area contributed by atoms with E-state index >= 15 is 0 Å². The number of carbonyl (C=O) groups excluding carboxylic acids is 2. The van der Waals surface area contributed by atoms with Crippen molar-refractivity contribution < 1.29 is 14.3 Å². The Morgan fingerprint density at radius 3 is 3.00 bits per heavy atom. The van der Waals surface area contributed by atoms with Crippen molar-refractivity contribution in [3.63, 3.8) is 0 Å². The normalized spacial score (nSPS) is 7.22. The van der Waals surface area contributed by atoms with E-state index in [0.29, 0.717) is 0 Å². The Labute approximate surface area is 51.7 Å². The van der Waals surface area contributed by atoms with Gasteiger partial charge in [0.15, 0.2) is 0 Å². The van der Waals surface area contributed by atoms with Crippen LogP contribution in [0.15, 0.2) is 5.10 Å². The highest BCUT2D eigenvalue weighted by molar-refractivity contribution is 5.67. The van der Waals surface area contributed by atoms with E-state index in [-0.39, 0.29) is 6.61 Å². The number of hydrazone groups is 1. The first-order chi connectivity index (χ1) is 4.31. The zero-order valence-corrected chi connectivity index (χ0v) is 4.88. The molecule has 0 unspecified atom stereocenters. The summed E-state index contributed by atoms with van der Waals surface area (Å²) in [5.41, 5.74) is 1.77. The number of amides is 1. The van der Waals surface area contributed by atoms with Crippen LogP contribution in [0.3, 0.4) is 0 Å². The Bertz CT molecular complexity index is 139. The summed E-state index contributed by atoms with van der Waals surface area (Å²) in [7, 11) is 0. The Kier molecular flexibility index (Phi) is 4.08. The number of nitrogens with zero attached hydrogens (tertiary/aromatic N) is 1. The average Bonchev–Trinajstić information content (AvgIpc) is 1.85. The molecule has 0 aromatic heterocycles. The zero-order chi connectivity index (χ0) is 7.11. The van der Waals surface area contributed by atoms with Crippen LogP contribution in [0, 0.1) is 0 Å². The number of ether oxygens (including phenoxy) is 1. The van der Waals surface area contributed by atoms with Crippen molar-refractivity contribution in [2.75, 3.05) is 6.61 Å². The molecule has 1 N–H and O–H groups in total. The molecule has 0 bridgehead atoms. The third-order valence-corrected chi connectivity index (χ3v) is 0.468. The quantitative estimate of drug-likeness (QED) is 0.324. The average molecular weight is 130 g/mol. The topological polar surface area (TPSA) is 67.8 Å². The number of hydrogen-bond acceptors (Lipinski definition) is 4. The molecule has 0 aliphatic rings. The van der Waals surface area contributed by atoms with Crippen LogP contribution < -0.4 is 5.43 Å². The van der Waals surface area contributed by atoms with Gasteiger partial charge in [0.05, 0.1) is 6.61 Å². The lowest BCUT2D eigenvalue weighted by molar-refractivity contribution is 0.152. The molecule has 9 heavy (non-hydrogen) atoms. The van der Waals surface area contributed by atoms with Crippen molar-refractivity contribution in [3.8, 4) is 0 Å². The Morgan fingerprint density at radius 2 is 2.56 bits per heavy atom. The van der Waals surface area contributed by atoms with E-state index in [2.05, 4.69) is 9.84 Å². The van der Waals surface area contributed by atoms with Crippen LogP contribution in [-0.4, -0.2) is 18.8 Å². The highest BCUT2D eigenvalue weighted by Crippen LogP contribution is 1.73. The zero-order valence-electron chi connectivity index (χ0n) is 4.88. The molecule has 0 heterocycles. The Hall–Kier alpha value is -1.35. The van der Waals surface area contributed by atoms with Gasteiger partial charge < -0.3 is 4.74 Å². The van der Waals surface area contributed by atoms with E-state index in [0.717, 1.165) is 6.08 Å². The fourth-order valence-corrected chi connectivity index (χ4v) is 0.232. The van der Waals surface area contributed by atoms with Crippen molar-refractivity contribution in [2.45, 2.75) is 6.92 Å². The largest absolute Gasteiger partial charge is 0.449 e. The molecular weight excluding hydrogens is 124 g/mol. The van der Waals surface area contributed by atoms with Crippen LogP contribution in [0.5, 0.6) is 0 Å². The summed E-state index contributed by atoms with van der Waals surface area (Å²) in [6.07, 6.45) is 0.371. The van der Waals surface area contributed by atoms with Crippen LogP contribution in [0.4, 0.5) is 4.79 Å². The number of rotatable bonds is 2. The molecule has 0 atom stereocenters. The molecule has 50 valence electrons. The lowest BCUT2D eigenvalue weighted by atomic mass is 10.9. The first-order valence-corrected chi connectivity index (χ1v) is 2.31. The van der Waals surface area contributed by atoms with Gasteiger partial charge in [-0.15, -0.1) is 0 Å². The molecule has 0 aliphatic carbocycles. The highest BCUT2D eigenvalue weighted by atomic mass is 16.5. The summed E-state index contributed by atoms with van der Waals surface area (Å²) in [6.45, 7) is 1.89. The van der Waals surface area contributed by atoms with Gasteiger partial charge in [0, 0.05) is 0 Å². The molecule has 0 fully saturated rings. The lowest BCUT2D eigenvalue weighted by Crippen LogP contribution is -2.17. The minimum Gasteiger partial charge on any atom is -0.449 e. The third kappa shape index (κ3) is 4.50. The van der Waals surface area contributed by atoms with Gasteiger partial charge in [-0.3, -0.25) is 0 Å². The van der Waals surface area contributed by atoms with Crippen molar-refractivity contribution >= 4 is 12.2 Å². The highest BCUT2D eigenvalue weighted by Gasteiger charge is 1.93. The fourth-order valence-electron chi connectivity index (χ4n) is 0.232. The van der Waals surface area contributed by atoms with E-state index in [1.54, 1.807) is 12.3 Å². The fraction of sp³-hybridized carbons (Fsp3) is 0.500. The first-order valence-electron chi connectivity index (χ1n) is 2.31. The monoisotopic (exact) mass is 130 g/mol. The van der Waals surface area contributed by atoms with E-state index in [4.69, 9.17) is 0 Å². The second-order valence-electron chi connectivity index (χ2n) is 1.04. The number of nitrogens with one attached hydrogen (secondary N) is 1. The van der Waals surface area contributed by atoms with Gasteiger partial charge in [-0.25, -0.2) is 15.0 Å². The SMILES string of the molecule is CCOC(=O)NN=C=O. The summed E-state index contributed by atoms with van der Waals surface area (Å²) in [4.78, 5) is 19.5. The third-order valence-electron chi connectivity index (χ3n) is 0.468. The van der Waals surface area contributed by atoms with E-state index in [1.165, 1.54) is 0 Å². The van der Waals surface area contributed by atoms with Gasteiger partial charge in [-0.1, -0.05) is 5.10 Å². The van der Waals surface area contributed by atoms with Gasteiger partial charge in [0.25, 0.3) is 6.08 Å². The smallest absolute Gasteiger partial charge is 0.428 e. The van der Waals surface area contributed by atoms with Crippen LogP contribution >= 0.6 is 0 Å². The Balaban J connectivity index is 3.38. The van der Waals surface area contributed by atoms with Gasteiger partial charge in [0.1, 0.15) is 0 Å². The van der Waals surface area contributed by atoms with Crippen LogP contribution in [0.1, 0.15) is 6.92 Å². The maximum absolute atomic E-state index is 10.2. The summed E-state index contributed by atoms with van der Waals surface area (Å²) in [5.74, 6) is 0. The summed E-state index contributed by atoms with van der Waals surface area (Å²) in [5, 5.41) is 2.76. The second kappa shape index (κ2) is 4.80. The van der Waals surface area contributed by atoms with Crippen molar-refractivity contribution in [2.24, 2.45) is 5.10 Å². The second-order valence-corrected chi connectivity index (χ2v) is 1.04. The number of hydrogen-bond donors (Lipinski definition) is 1. The van der Waals surface area contributed by atoms with E-state index in [9.17, 15) is 9.59 Å². The molecule has 0 aromatic rings. The summed E-state index contributed by atoms with van der Waals surface area (Å²) in [6, 6.07) is 0. The molecule has 0 saturated heterocycles. The van der Waals surface area contributed by atoms with Gasteiger partial charge in [0.2, 0.25) is 0 Å². The van der Waals surface area contributed by atoms with E-state index < -0.39 is 6.09 Å². The molecule has 0 radical (unpaired) electrons. The van der Waals surface area contributed by atoms with Crippen molar-refractivity contribution in [1.82, 2.24) is 5.43 Å². The van der Waals surface area contributed by atoms with Gasteiger partial charge in [-0.2, -0.15) is 0 Å². The van der Waals surface area contributed by atoms with Crippen LogP contribution in [-0.2, 0) is 9.53 Å². The van der Waals surface area contributed by atoms with E-state index in [1.807, 2.05) is 0 Å². The Morgan fingerprint density at radius 1 is 1.89 bits per heavy atom. The standard InChI is InChI=1S/C4H6N2O3/c1-2-9-4(8)6-5-3-7/h2H2,1H3,(H,6,8). The first kappa shape index (κ1) is 7.65. The minimum absolute atomic E-state index is 0.250. The molecular formula is C4H6N2O3. The molecule has 0 aromatic carbocycles. The van der Waals surface area contributed by atoms with Gasteiger partial charge in [-0.05, 0) is 6.92 Å². The molecule has 0 rings (SSSR count). The molecule has 5 nitrogen and oxygen atoms in total. The molecule has 0 saturated carbocycles. The predicted molar refractivity (Wildman–Crippen MR) is 28.3 cm³/mol. The maximum Gasteiger partial charge on any atom is 0.428 e.